The second-order valence-corrected chi connectivity index (χ2v) is 5.59. The van der Waals surface area contributed by atoms with Gasteiger partial charge in [-0.2, -0.15) is 8.78 Å². The fourth-order valence-electron chi connectivity index (χ4n) is 2.78. The average Bonchev–Trinajstić information content (AvgIpc) is 2.49. The van der Waals surface area contributed by atoms with Crippen molar-refractivity contribution in [3.05, 3.63) is 23.8 Å². The average molecular weight is 313 g/mol. The Kier molecular flexibility index (Phi) is 5.57. The molecule has 6 heteroatoms. The number of alkyl halides is 2. The first-order valence-electron chi connectivity index (χ1n) is 7.45. The monoisotopic (exact) mass is 313 g/mol. The molecule has 0 saturated heterocycles. The number of hydrogen-bond acceptors (Lipinski definition) is 3. The van der Waals surface area contributed by atoms with Gasteiger partial charge in [-0.3, -0.25) is 4.79 Å². The molecule has 4 nitrogen and oxygen atoms in total. The van der Waals surface area contributed by atoms with Crippen LogP contribution in [0, 0.1) is 5.92 Å². The van der Waals surface area contributed by atoms with Crippen molar-refractivity contribution in [3.8, 4) is 11.5 Å². The van der Waals surface area contributed by atoms with Gasteiger partial charge in [0.1, 0.15) is 0 Å². The van der Waals surface area contributed by atoms with Gasteiger partial charge in [0.05, 0.1) is 7.11 Å². The number of amides is 1. The summed E-state index contributed by atoms with van der Waals surface area (Å²) in [5.74, 6) is 0.256. The van der Waals surface area contributed by atoms with Gasteiger partial charge in [-0.25, -0.2) is 0 Å². The Bertz CT molecular complexity index is 522. The number of methoxy groups -OCH3 is 1. The van der Waals surface area contributed by atoms with Crippen LogP contribution >= 0.6 is 0 Å². The van der Waals surface area contributed by atoms with Crippen LogP contribution in [-0.2, 0) is 0 Å². The van der Waals surface area contributed by atoms with Crippen LogP contribution in [0.1, 0.15) is 43.0 Å². The van der Waals surface area contributed by atoms with Gasteiger partial charge in [0.2, 0.25) is 0 Å². The van der Waals surface area contributed by atoms with Crippen LogP contribution in [-0.4, -0.2) is 25.7 Å². The van der Waals surface area contributed by atoms with E-state index in [1.165, 1.54) is 31.7 Å². The minimum atomic E-state index is -2.93. The van der Waals surface area contributed by atoms with Crippen LogP contribution in [0.25, 0.3) is 0 Å². The molecule has 0 aliphatic heterocycles. The Balaban J connectivity index is 2.09. The smallest absolute Gasteiger partial charge is 0.387 e. The predicted octanol–water partition coefficient (Wildman–Crippen LogP) is 3.61. The molecule has 122 valence electrons. The molecular weight excluding hydrogens is 292 g/mol. The number of rotatable bonds is 5. The van der Waals surface area contributed by atoms with Crippen LogP contribution < -0.4 is 14.8 Å². The summed E-state index contributed by atoms with van der Waals surface area (Å²) in [6.07, 6.45) is 4.38. The maximum Gasteiger partial charge on any atom is 0.387 e. The summed E-state index contributed by atoms with van der Waals surface area (Å²) in [5.41, 5.74) is 0.372. The lowest BCUT2D eigenvalue weighted by Crippen LogP contribution is -2.41. The minimum absolute atomic E-state index is 0.0833. The largest absolute Gasteiger partial charge is 0.493 e. The zero-order valence-electron chi connectivity index (χ0n) is 12.8. The van der Waals surface area contributed by atoms with Gasteiger partial charge in [0.25, 0.3) is 5.91 Å². The highest BCUT2D eigenvalue weighted by Crippen LogP contribution is 2.30. The van der Waals surface area contributed by atoms with Gasteiger partial charge in [0, 0.05) is 11.6 Å². The molecule has 0 heterocycles. The summed E-state index contributed by atoms with van der Waals surface area (Å²) < 4.78 is 33.9. The third-order valence-electron chi connectivity index (χ3n) is 4.07. The van der Waals surface area contributed by atoms with E-state index < -0.39 is 6.61 Å². The molecule has 2 rings (SSSR count). The quantitative estimate of drug-likeness (QED) is 0.903. The fraction of sp³-hybridized carbons (Fsp3) is 0.562. The molecule has 1 aromatic carbocycles. The number of benzene rings is 1. The first-order chi connectivity index (χ1) is 10.5. The zero-order chi connectivity index (χ0) is 16.1. The van der Waals surface area contributed by atoms with Gasteiger partial charge in [-0.15, -0.1) is 0 Å². The molecule has 0 bridgehead atoms. The highest BCUT2D eigenvalue weighted by molar-refractivity contribution is 5.95. The van der Waals surface area contributed by atoms with Crippen molar-refractivity contribution < 1.29 is 23.0 Å². The lowest BCUT2D eigenvalue weighted by Gasteiger charge is -2.29. The number of halogens is 2. The maximum absolute atomic E-state index is 12.3. The molecule has 1 amide bonds. The summed E-state index contributed by atoms with van der Waals surface area (Å²) in [5, 5.41) is 3.01. The zero-order valence-corrected chi connectivity index (χ0v) is 12.8. The Hall–Kier alpha value is -1.85. The third-order valence-corrected chi connectivity index (χ3v) is 4.07. The van der Waals surface area contributed by atoms with Crippen LogP contribution in [0.5, 0.6) is 11.5 Å². The number of carbonyl (C=O) groups is 1. The van der Waals surface area contributed by atoms with Crippen molar-refractivity contribution in [2.45, 2.75) is 45.3 Å². The highest BCUT2D eigenvalue weighted by atomic mass is 19.3. The van der Waals surface area contributed by atoms with Crippen molar-refractivity contribution in [1.82, 2.24) is 5.32 Å². The topological polar surface area (TPSA) is 47.6 Å². The van der Waals surface area contributed by atoms with E-state index in [2.05, 4.69) is 17.0 Å². The SMILES string of the molecule is COc1cc(C(=O)N[C@H]2CCCC[C@@H]2C)ccc1OC(F)F. The molecule has 0 spiro atoms. The summed E-state index contributed by atoms with van der Waals surface area (Å²) in [6, 6.07) is 4.36. The van der Waals surface area contributed by atoms with E-state index in [0.29, 0.717) is 11.5 Å². The van der Waals surface area contributed by atoms with Crippen LogP contribution in [0.3, 0.4) is 0 Å². The van der Waals surface area contributed by atoms with Gasteiger partial charge >= 0.3 is 6.61 Å². The van der Waals surface area contributed by atoms with E-state index in [1.807, 2.05) is 0 Å². The molecule has 1 fully saturated rings. The van der Waals surface area contributed by atoms with Gasteiger partial charge < -0.3 is 14.8 Å². The number of carbonyl (C=O) groups excluding carboxylic acids is 1. The second-order valence-electron chi connectivity index (χ2n) is 5.59. The first kappa shape index (κ1) is 16.5. The molecule has 1 N–H and O–H groups in total. The molecule has 1 saturated carbocycles. The van der Waals surface area contributed by atoms with Crippen molar-refractivity contribution in [3.63, 3.8) is 0 Å². The van der Waals surface area contributed by atoms with Crippen molar-refractivity contribution in [2.24, 2.45) is 5.92 Å². The summed E-state index contributed by atoms with van der Waals surface area (Å²) in [4.78, 5) is 12.3. The normalized spacial score (nSPS) is 21.5. The Labute approximate surface area is 128 Å². The first-order valence-corrected chi connectivity index (χ1v) is 7.45. The lowest BCUT2D eigenvalue weighted by molar-refractivity contribution is -0.0512. The standard InChI is InChI=1S/C16H21F2NO3/c1-10-5-3-4-6-12(10)19-15(20)11-7-8-13(22-16(17)18)14(9-11)21-2/h7-10,12,16H,3-6H2,1-2H3,(H,19,20)/t10-,12-/m0/s1. The third kappa shape index (κ3) is 4.08. The molecule has 1 aliphatic rings. The van der Waals surface area contributed by atoms with Crippen molar-refractivity contribution in [1.29, 1.82) is 0 Å². The fourth-order valence-corrected chi connectivity index (χ4v) is 2.78. The van der Waals surface area contributed by atoms with Gasteiger partial charge in [-0.05, 0) is 37.0 Å². The molecule has 2 atom stereocenters. The lowest BCUT2D eigenvalue weighted by atomic mass is 9.86. The van der Waals surface area contributed by atoms with Crippen molar-refractivity contribution in [2.75, 3.05) is 7.11 Å². The summed E-state index contributed by atoms with van der Waals surface area (Å²) in [6.45, 7) is -0.804. The Morgan fingerprint density at radius 1 is 1.27 bits per heavy atom. The number of nitrogens with one attached hydrogen (secondary N) is 1. The summed E-state index contributed by atoms with van der Waals surface area (Å²) in [7, 11) is 1.35. The van der Waals surface area contributed by atoms with E-state index in [0.717, 1.165) is 19.3 Å². The van der Waals surface area contributed by atoms with Crippen LogP contribution in [0.2, 0.25) is 0 Å². The van der Waals surface area contributed by atoms with E-state index in [-0.39, 0.29) is 23.4 Å². The van der Waals surface area contributed by atoms with E-state index in [4.69, 9.17) is 4.74 Å². The van der Waals surface area contributed by atoms with Crippen molar-refractivity contribution >= 4 is 5.91 Å². The van der Waals surface area contributed by atoms with Gasteiger partial charge in [0.15, 0.2) is 11.5 Å². The van der Waals surface area contributed by atoms with Crippen LogP contribution in [0.4, 0.5) is 8.78 Å². The molecule has 0 aromatic heterocycles. The molecule has 1 aromatic rings. The number of hydrogen-bond donors (Lipinski definition) is 1. The van der Waals surface area contributed by atoms with E-state index in [1.54, 1.807) is 0 Å². The molecule has 1 aliphatic carbocycles. The highest BCUT2D eigenvalue weighted by Gasteiger charge is 2.23. The number of ether oxygens (including phenoxy) is 2. The van der Waals surface area contributed by atoms with E-state index in [9.17, 15) is 13.6 Å². The predicted molar refractivity (Wildman–Crippen MR) is 78.5 cm³/mol. The molecular formula is C16H21F2NO3. The Morgan fingerprint density at radius 3 is 2.64 bits per heavy atom. The van der Waals surface area contributed by atoms with E-state index >= 15 is 0 Å². The maximum atomic E-state index is 12.3. The molecule has 0 radical (unpaired) electrons. The second kappa shape index (κ2) is 7.42. The Morgan fingerprint density at radius 2 is 2.00 bits per heavy atom. The molecule has 0 unspecified atom stereocenters. The van der Waals surface area contributed by atoms with Crippen LogP contribution in [0.15, 0.2) is 18.2 Å². The van der Waals surface area contributed by atoms with Gasteiger partial charge in [-0.1, -0.05) is 19.8 Å². The molecule has 22 heavy (non-hydrogen) atoms. The summed E-state index contributed by atoms with van der Waals surface area (Å²) >= 11 is 0. The minimum Gasteiger partial charge on any atom is -0.493 e.